The summed E-state index contributed by atoms with van der Waals surface area (Å²) in [6.45, 7) is 1.85. The highest BCUT2D eigenvalue weighted by molar-refractivity contribution is 7.09. The lowest BCUT2D eigenvalue weighted by atomic mass is 9.87. The minimum Gasteiger partial charge on any atom is -0.350 e. The monoisotopic (exact) mass is 391 g/mol. The molecule has 0 saturated carbocycles. The van der Waals surface area contributed by atoms with E-state index in [-0.39, 0.29) is 12.5 Å². The third kappa shape index (κ3) is 3.45. The molecule has 6 nitrogen and oxygen atoms in total. The van der Waals surface area contributed by atoms with Crippen molar-refractivity contribution in [2.75, 3.05) is 6.54 Å². The number of thiophene rings is 1. The number of urea groups is 1. The van der Waals surface area contributed by atoms with Gasteiger partial charge in [0.15, 0.2) is 0 Å². The topological polar surface area (TPSA) is 78.5 Å². The average Bonchev–Trinajstić information content (AvgIpc) is 3.22. The van der Waals surface area contributed by atoms with Crippen LogP contribution in [-0.4, -0.2) is 29.3 Å². The zero-order valence-electron chi connectivity index (χ0n) is 14.1. The van der Waals surface area contributed by atoms with E-state index in [0.717, 1.165) is 9.78 Å². The molecule has 3 rings (SSSR count). The fraction of sp³-hybridized carbons (Fsp3) is 0.278. The maximum atomic E-state index is 13.0. The summed E-state index contributed by atoms with van der Waals surface area (Å²) in [7, 11) is 0. The van der Waals surface area contributed by atoms with Crippen LogP contribution in [0.2, 0.25) is 5.02 Å². The Morgan fingerprint density at radius 1 is 1.31 bits per heavy atom. The molecule has 2 heterocycles. The third-order valence-electron chi connectivity index (χ3n) is 4.37. The van der Waals surface area contributed by atoms with E-state index in [1.54, 1.807) is 31.2 Å². The second kappa shape index (κ2) is 7.47. The maximum Gasteiger partial charge on any atom is 0.325 e. The first-order valence-electron chi connectivity index (χ1n) is 8.15. The number of hydrogen-bond acceptors (Lipinski definition) is 4. The van der Waals surface area contributed by atoms with E-state index in [9.17, 15) is 14.4 Å². The van der Waals surface area contributed by atoms with Gasteiger partial charge in [-0.1, -0.05) is 36.7 Å². The Kier molecular flexibility index (Phi) is 5.29. The summed E-state index contributed by atoms with van der Waals surface area (Å²) in [5.41, 5.74) is -0.594. The van der Waals surface area contributed by atoms with E-state index in [1.165, 1.54) is 11.3 Å². The van der Waals surface area contributed by atoms with Gasteiger partial charge in [-0.15, -0.1) is 11.3 Å². The molecule has 2 N–H and O–H groups in total. The molecule has 1 aromatic heterocycles. The van der Waals surface area contributed by atoms with Gasteiger partial charge in [0.2, 0.25) is 5.91 Å². The average molecular weight is 392 g/mol. The number of nitrogens with zero attached hydrogens (tertiary/aromatic N) is 1. The number of nitrogens with one attached hydrogen (secondary N) is 2. The molecular weight excluding hydrogens is 374 g/mol. The Bertz CT molecular complexity index is 840. The van der Waals surface area contributed by atoms with Gasteiger partial charge in [0.1, 0.15) is 12.1 Å². The Morgan fingerprint density at radius 3 is 2.77 bits per heavy atom. The van der Waals surface area contributed by atoms with Crippen LogP contribution in [0.5, 0.6) is 0 Å². The maximum absolute atomic E-state index is 13.0. The lowest BCUT2D eigenvalue weighted by molar-refractivity contribution is -0.135. The molecule has 0 bridgehead atoms. The van der Waals surface area contributed by atoms with Crippen molar-refractivity contribution >= 4 is 40.8 Å². The zero-order chi connectivity index (χ0) is 18.7. The van der Waals surface area contributed by atoms with Gasteiger partial charge in [0.25, 0.3) is 5.91 Å². The number of hydrogen-bond donors (Lipinski definition) is 2. The van der Waals surface area contributed by atoms with E-state index < -0.39 is 17.5 Å². The number of carbonyl (C=O) groups is 3. The van der Waals surface area contributed by atoms with Gasteiger partial charge in [0.05, 0.1) is 6.54 Å². The molecule has 1 aliphatic heterocycles. The smallest absolute Gasteiger partial charge is 0.325 e. The minimum absolute atomic E-state index is 0.321. The molecule has 0 spiro atoms. The molecule has 0 aliphatic carbocycles. The van der Waals surface area contributed by atoms with Crippen molar-refractivity contribution in [2.24, 2.45) is 0 Å². The number of carbonyl (C=O) groups excluding carboxylic acids is 3. The second-order valence-electron chi connectivity index (χ2n) is 5.95. The molecule has 1 saturated heterocycles. The number of rotatable bonds is 6. The van der Waals surface area contributed by atoms with Crippen LogP contribution in [0, 0.1) is 0 Å². The lowest BCUT2D eigenvalue weighted by Crippen LogP contribution is -2.44. The van der Waals surface area contributed by atoms with E-state index in [2.05, 4.69) is 10.6 Å². The molecule has 1 atom stereocenters. The van der Waals surface area contributed by atoms with E-state index in [4.69, 9.17) is 11.6 Å². The van der Waals surface area contributed by atoms with E-state index >= 15 is 0 Å². The highest BCUT2D eigenvalue weighted by atomic mass is 35.5. The summed E-state index contributed by atoms with van der Waals surface area (Å²) in [5, 5.41) is 7.85. The molecule has 4 amide bonds. The standard InChI is InChI=1S/C18H18ClN3O3S/c1-2-18(12-5-3-6-13(19)9-12)16(24)22(17(25)21-18)11-15(23)20-10-14-7-4-8-26-14/h3-9H,2,10-11H2,1H3,(H,20,23)(H,21,25)/t18-/m1/s1. The fourth-order valence-corrected chi connectivity index (χ4v) is 3.80. The van der Waals surface area contributed by atoms with Crippen molar-refractivity contribution in [1.29, 1.82) is 0 Å². The van der Waals surface area contributed by atoms with Gasteiger partial charge < -0.3 is 10.6 Å². The molecule has 1 fully saturated rings. The van der Waals surface area contributed by atoms with Crippen molar-refractivity contribution in [3.63, 3.8) is 0 Å². The molecule has 0 radical (unpaired) electrons. The van der Waals surface area contributed by atoms with Crippen molar-refractivity contribution < 1.29 is 14.4 Å². The van der Waals surface area contributed by atoms with E-state index in [1.807, 2.05) is 17.5 Å². The molecule has 1 aromatic carbocycles. The van der Waals surface area contributed by atoms with Crippen LogP contribution in [0.4, 0.5) is 4.79 Å². The first kappa shape index (κ1) is 18.4. The van der Waals surface area contributed by atoms with Gasteiger partial charge in [-0.3, -0.25) is 14.5 Å². The Balaban J connectivity index is 1.74. The van der Waals surface area contributed by atoms with Crippen LogP contribution in [0.3, 0.4) is 0 Å². The van der Waals surface area contributed by atoms with E-state index in [0.29, 0.717) is 23.6 Å². The molecular formula is C18H18ClN3O3S. The molecule has 1 aliphatic rings. The highest BCUT2D eigenvalue weighted by Gasteiger charge is 2.51. The zero-order valence-corrected chi connectivity index (χ0v) is 15.7. The Morgan fingerprint density at radius 2 is 2.12 bits per heavy atom. The minimum atomic E-state index is -1.20. The fourth-order valence-electron chi connectivity index (χ4n) is 2.96. The number of amides is 4. The predicted molar refractivity (Wildman–Crippen MR) is 99.8 cm³/mol. The third-order valence-corrected chi connectivity index (χ3v) is 5.48. The molecule has 26 heavy (non-hydrogen) atoms. The van der Waals surface area contributed by atoms with Crippen LogP contribution in [0.25, 0.3) is 0 Å². The second-order valence-corrected chi connectivity index (χ2v) is 7.42. The lowest BCUT2D eigenvalue weighted by Gasteiger charge is -2.25. The summed E-state index contributed by atoms with van der Waals surface area (Å²) in [6, 6.07) is 10.0. The SMILES string of the molecule is CC[C@]1(c2cccc(Cl)c2)NC(=O)N(CC(=O)NCc2cccs2)C1=O. The number of imide groups is 1. The van der Waals surface area contributed by atoms with Gasteiger partial charge in [-0.25, -0.2) is 4.79 Å². The van der Waals surface area contributed by atoms with Crippen molar-refractivity contribution in [2.45, 2.75) is 25.4 Å². The van der Waals surface area contributed by atoms with Crippen LogP contribution < -0.4 is 10.6 Å². The van der Waals surface area contributed by atoms with Gasteiger partial charge in [0, 0.05) is 9.90 Å². The van der Waals surface area contributed by atoms with Crippen LogP contribution in [0.15, 0.2) is 41.8 Å². The summed E-state index contributed by atoms with van der Waals surface area (Å²) in [4.78, 5) is 39.5. The number of benzene rings is 1. The molecule has 8 heteroatoms. The first-order valence-corrected chi connectivity index (χ1v) is 9.41. The van der Waals surface area contributed by atoms with Gasteiger partial charge >= 0.3 is 6.03 Å². The predicted octanol–water partition coefficient (Wildman–Crippen LogP) is 2.88. The Hall–Kier alpha value is -2.38. The normalized spacial score (nSPS) is 19.5. The summed E-state index contributed by atoms with van der Waals surface area (Å²) >= 11 is 7.56. The van der Waals surface area contributed by atoms with Crippen LogP contribution >= 0.6 is 22.9 Å². The Labute approximate surface area is 160 Å². The molecule has 136 valence electrons. The highest BCUT2D eigenvalue weighted by Crippen LogP contribution is 2.33. The summed E-state index contributed by atoms with van der Waals surface area (Å²) in [5.74, 6) is -0.835. The molecule has 2 aromatic rings. The van der Waals surface area contributed by atoms with Crippen molar-refractivity contribution in [3.05, 3.63) is 57.2 Å². The van der Waals surface area contributed by atoms with Gasteiger partial charge in [-0.2, -0.15) is 0 Å². The quantitative estimate of drug-likeness (QED) is 0.743. The summed E-state index contributed by atoms with van der Waals surface area (Å²) < 4.78 is 0. The summed E-state index contributed by atoms with van der Waals surface area (Å²) in [6.07, 6.45) is 0.352. The van der Waals surface area contributed by atoms with Crippen molar-refractivity contribution in [3.8, 4) is 0 Å². The van der Waals surface area contributed by atoms with Crippen LogP contribution in [0.1, 0.15) is 23.8 Å². The number of halogens is 1. The van der Waals surface area contributed by atoms with Crippen LogP contribution in [-0.2, 0) is 21.7 Å². The largest absolute Gasteiger partial charge is 0.350 e. The first-order chi connectivity index (χ1) is 12.5. The van der Waals surface area contributed by atoms with Gasteiger partial charge in [-0.05, 0) is 35.6 Å². The molecule has 0 unspecified atom stereocenters. The van der Waals surface area contributed by atoms with Crippen molar-refractivity contribution in [1.82, 2.24) is 15.5 Å².